The third-order valence-corrected chi connectivity index (χ3v) is 4.56. The molecule has 0 saturated heterocycles. The molecule has 2 atom stereocenters. The summed E-state index contributed by atoms with van der Waals surface area (Å²) in [7, 11) is 0. The summed E-state index contributed by atoms with van der Waals surface area (Å²) in [5.74, 6) is 1.16. The van der Waals surface area contributed by atoms with Crippen molar-refractivity contribution in [2.75, 3.05) is 0 Å². The Morgan fingerprint density at radius 1 is 1.21 bits per heavy atom. The zero-order valence-electron chi connectivity index (χ0n) is 14.0. The standard InChI is InChI=1S/C20H22ClNO2/c1-13(2)24-19-10-6-3-7-14(19)12-22-20(23)17-11-16(17)15-8-4-5-9-18(15)21/h3-10,13,16-17H,11-12H2,1-2H3,(H,22,23). The maximum Gasteiger partial charge on any atom is 0.224 e. The molecule has 1 amide bonds. The minimum atomic E-state index is 0.0167. The average molecular weight is 344 g/mol. The molecule has 4 heteroatoms. The van der Waals surface area contributed by atoms with Crippen LogP contribution in [0.4, 0.5) is 0 Å². The summed E-state index contributed by atoms with van der Waals surface area (Å²) in [5, 5.41) is 3.78. The van der Waals surface area contributed by atoms with Gasteiger partial charge < -0.3 is 10.1 Å². The molecule has 1 fully saturated rings. The number of halogens is 1. The van der Waals surface area contributed by atoms with E-state index in [2.05, 4.69) is 5.32 Å². The van der Waals surface area contributed by atoms with Crippen molar-refractivity contribution in [2.24, 2.45) is 5.92 Å². The smallest absolute Gasteiger partial charge is 0.224 e. The van der Waals surface area contributed by atoms with Crippen LogP contribution >= 0.6 is 11.6 Å². The normalized spacial score (nSPS) is 19.2. The van der Waals surface area contributed by atoms with E-state index in [-0.39, 0.29) is 23.8 Å². The molecular formula is C20H22ClNO2. The van der Waals surface area contributed by atoms with E-state index in [9.17, 15) is 4.79 Å². The third-order valence-electron chi connectivity index (χ3n) is 4.22. The fourth-order valence-electron chi connectivity index (χ4n) is 2.94. The molecule has 0 spiro atoms. The highest BCUT2D eigenvalue weighted by Gasteiger charge is 2.44. The number of hydrogen-bond donors (Lipinski definition) is 1. The predicted octanol–water partition coefficient (Wildman–Crippen LogP) is 4.55. The summed E-state index contributed by atoms with van der Waals surface area (Å²) in [6.07, 6.45) is 0.967. The molecule has 3 nitrogen and oxygen atoms in total. The molecule has 1 N–H and O–H groups in total. The maximum atomic E-state index is 12.4. The van der Waals surface area contributed by atoms with Crippen molar-refractivity contribution in [3.63, 3.8) is 0 Å². The molecule has 3 rings (SSSR count). The Bertz CT molecular complexity index is 729. The van der Waals surface area contributed by atoms with E-state index >= 15 is 0 Å². The maximum absolute atomic E-state index is 12.4. The van der Waals surface area contributed by atoms with Crippen LogP contribution in [0.2, 0.25) is 5.02 Å². The number of amides is 1. The molecule has 0 heterocycles. The second kappa shape index (κ2) is 7.27. The lowest BCUT2D eigenvalue weighted by atomic mass is 10.1. The van der Waals surface area contributed by atoms with Crippen LogP contribution in [-0.2, 0) is 11.3 Å². The Kier molecular flexibility index (Phi) is 5.10. The molecule has 2 aromatic carbocycles. The summed E-state index contributed by atoms with van der Waals surface area (Å²) in [5.41, 5.74) is 2.07. The van der Waals surface area contributed by atoms with Gasteiger partial charge >= 0.3 is 0 Å². The van der Waals surface area contributed by atoms with Gasteiger partial charge in [0.05, 0.1) is 6.10 Å². The fraction of sp³-hybridized carbons (Fsp3) is 0.350. The fourth-order valence-corrected chi connectivity index (χ4v) is 3.21. The van der Waals surface area contributed by atoms with Gasteiger partial charge in [-0.3, -0.25) is 4.79 Å². The van der Waals surface area contributed by atoms with Crippen molar-refractivity contribution in [1.82, 2.24) is 5.32 Å². The highest BCUT2D eigenvalue weighted by molar-refractivity contribution is 6.31. The van der Waals surface area contributed by atoms with Gasteiger partial charge in [0.25, 0.3) is 0 Å². The van der Waals surface area contributed by atoms with Gasteiger partial charge in [-0.15, -0.1) is 0 Å². The summed E-state index contributed by atoms with van der Waals surface area (Å²) in [6, 6.07) is 15.6. The highest BCUT2D eigenvalue weighted by atomic mass is 35.5. The van der Waals surface area contributed by atoms with Gasteiger partial charge in [0.15, 0.2) is 0 Å². The molecule has 2 unspecified atom stereocenters. The molecule has 126 valence electrons. The van der Waals surface area contributed by atoms with E-state index in [1.807, 2.05) is 62.4 Å². The van der Waals surface area contributed by atoms with Crippen LogP contribution < -0.4 is 10.1 Å². The summed E-state index contributed by atoms with van der Waals surface area (Å²) in [6.45, 7) is 4.47. The lowest BCUT2D eigenvalue weighted by Gasteiger charge is -2.14. The molecule has 0 aromatic heterocycles. The van der Waals surface area contributed by atoms with Crippen LogP contribution in [0, 0.1) is 5.92 Å². The van der Waals surface area contributed by atoms with Crippen molar-refractivity contribution in [3.05, 3.63) is 64.7 Å². The molecule has 1 aliphatic carbocycles. The number of rotatable bonds is 6. The van der Waals surface area contributed by atoms with Gasteiger partial charge in [0, 0.05) is 23.0 Å². The van der Waals surface area contributed by atoms with Gasteiger partial charge in [-0.05, 0) is 43.9 Å². The minimum absolute atomic E-state index is 0.0167. The molecule has 1 saturated carbocycles. The Balaban J connectivity index is 1.59. The number of para-hydroxylation sites is 1. The van der Waals surface area contributed by atoms with Crippen LogP contribution in [0.5, 0.6) is 5.75 Å². The number of hydrogen-bond acceptors (Lipinski definition) is 2. The number of carbonyl (C=O) groups excluding carboxylic acids is 1. The lowest BCUT2D eigenvalue weighted by Crippen LogP contribution is -2.25. The number of carbonyl (C=O) groups is 1. The molecule has 1 aliphatic rings. The van der Waals surface area contributed by atoms with Crippen LogP contribution in [0.25, 0.3) is 0 Å². The Morgan fingerprint density at radius 3 is 2.67 bits per heavy atom. The molecular weight excluding hydrogens is 322 g/mol. The lowest BCUT2D eigenvalue weighted by molar-refractivity contribution is -0.122. The first-order valence-electron chi connectivity index (χ1n) is 8.33. The zero-order valence-corrected chi connectivity index (χ0v) is 14.7. The van der Waals surface area contributed by atoms with Gasteiger partial charge in [0.2, 0.25) is 5.91 Å². The number of ether oxygens (including phenoxy) is 1. The summed E-state index contributed by atoms with van der Waals surface area (Å²) in [4.78, 5) is 12.4. The van der Waals surface area contributed by atoms with Crippen molar-refractivity contribution >= 4 is 17.5 Å². The second-order valence-corrected chi connectivity index (χ2v) is 6.87. The van der Waals surface area contributed by atoms with Crippen molar-refractivity contribution < 1.29 is 9.53 Å². The van der Waals surface area contributed by atoms with E-state index in [0.717, 1.165) is 28.3 Å². The quantitative estimate of drug-likeness (QED) is 0.835. The first-order chi connectivity index (χ1) is 11.6. The van der Waals surface area contributed by atoms with Gasteiger partial charge in [0.1, 0.15) is 5.75 Å². The Hall–Kier alpha value is -2.00. The Labute approximate surface area is 148 Å². The monoisotopic (exact) mass is 343 g/mol. The van der Waals surface area contributed by atoms with Gasteiger partial charge in [-0.25, -0.2) is 0 Å². The van der Waals surface area contributed by atoms with E-state index < -0.39 is 0 Å². The average Bonchev–Trinajstić information content (AvgIpc) is 3.34. The van der Waals surface area contributed by atoms with Crippen molar-refractivity contribution in [1.29, 1.82) is 0 Å². The van der Waals surface area contributed by atoms with Gasteiger partial charge in [-0.2, -0.15) is 0 Å². The van der Waals surface area contributed by atoms with Crippen LogP contribution in [0.15, 0.2) is 48.5 Å². The van der Waals surface area contributed by atoms with E-state index in [4.69, 9.17) is 16.3 Å². The predicted molar refractivity (Wildman–Crippen MR) is 96.4 cm³/mol. The van der Waals surface area contributed by atoms with E-state index in [1.54, 1.807) is 0 Å². The van der Waals surface area contributed by atoms with E-state index in [1.165, 1.54) is 0 Å². The van der Waals surface area contributed by atoms with Crippen molar-refractivity contribution in [3.8, 4) is 5.75 Å². The first kappa shape index (κ1) is 16.8. The van der Waals surface area contributed by atoms with Crippen LogP contribution in [0.1, 0.15) is 37.3 Å². The van der Waals surface area contributed by atoms with Crippen LogP contribution in [-0.4, -0.2) is 12.0 Å². The zero-order chi connectivity index (χ0) is 17.1. The highest BCUT2D eigenvalue weighted by Crippen LogP contribution is 2.49. The van der Waals surface area contributed by atoms with Crippen molar-refractivity contribution in [2.45, 2.75) is 38.8 Å². The molecule has 0 bridgehead atoms. The molecule has 0 radical (unpaired) electrons. The number of benzene rings is 2. The van der Waals surface area contributed by atoms with E-state index in [0.29, 0.717) is 6.54 Å². The SMILES string of the molecule is CC(C)Oc1ccccc1CNC(=O)C1CC1c1ccccc1Cl. The molecule has 2 aromatic rings. The molecule has 0 aliphatic heterocycles. The topological polar surface area (TPSA) is 38.3 Å². The first-order valence-corrected chi connectivity index (χ1v) is 8.70. The number of nitrogens with one attached hydrogen (secondary N) is 1. The third kappa shape index (κ3) is 3.90. The van der Waals surface area contributed by atoms with Gasteiger partial charge in [-0.1, -0.05) is 48.0 Å². The van der Waals surface area contributed by atoms with Crippen LogP contribution in [0.3, 0.4) is 0 Å². The summed E-state index contributed by atoms with van der Waals surface area (Å²) < 4.78 is 5.79. The largest absolute Gasteiger partial charge is 0.491 e. The second-order valence-electron chi connectivity index (χ2n) is 6.46. The minimum Gasteiger partial charge on any atom is -0.491 e. The Morgan fingerprint density at radius 2 is 1.92 bits per heavy atom. The molecule has 24 heavy (non-hydrogen) atoms. The summed E-state index contributed by atoms with van der Waals surface area (Å²) >= 11 is 6.22.